The molecule has 3 nitrogen and oxygen atoms in total. The molecule has 0 amide bonds. The standard InChI is InChI=1S/C13H9FN2O/c14-10-2-3-11-9(5-10)6-12(17-11)8-1-4-13(15)16-7-8/h1-7H,(H2,15,16). The molecule has 0 aliphatic heterocycles. The fraction of sp³-hybridized carbons (Fsp3) is 0. The summed E-state index contributed by atoms with van der Waals surface area (Å²) >= 11 is 0. The SMILES string of the molecule is Nc1ccc(-c2cc3cc(F)ccc3o2)cn1. The smallest absolute Gasteiger partial charge is 0.136 e. The highest BCUT2D eigenvalue weighted by atomic mass is 19.1. The van der Waals surface area contributed by atoms with Crippen LogP contribution in [0.1, 0.15) is 0 Å². The minimum Gasteiger partial charge on any atom is -0.456 e. The average molecular weight is 228 g/mol. The fourth-order valence-electron chi connectivity index (χ4n) is 1.71. The van der Waals surface area contributed by atoms with Crippen LogP contribution in [0.5, 0.6) is 0 Å². The third-order valence-corrected chi connectivity index (χ3v) is 2.55. The van der Waals surface area contributed by atoms with Crippen molar-refractivity contribution in [3.63, 3.8) is 0 Å². The van der Waals surface area contributed by atoms with Gasteiger partial charge >= 0.3 is 0 Å². The number of rotatable bonds is 1. The molecule has 3 aromatic rings. The molecule has 0 saturated heterocycles. The number of furan rings is 1. The zero-order valence-electron chi connectivity index (χ0n) is 8.85. The molecule has 0 atom stereocenters. The first-order valence-corrected chi connectivity index (χ1v) is 5.13. The molecule has 84 valence electrons. The molecule has 0 saturated carbocycles. The van der Waals surface area contributed by atoms with Gasteiger partial charge in [-0.25, -0.2) is 9.37 Å². The molecule has 0 fully saturated rings. The lowest BCUT2D eigenvalue weighted by Crippen LogP contribution is -1.87. The third-order valence-electron chi connectivity index (χ3n) is 2.55. The van der Waals surface area contributed by atoms with Crippen molar-refractivity contribution in [2.45, 2.75) is 0 Å². The zero-order valence-corrected chi connectivity index (χ0v) is 8.85. The normalized spacial score (nSPS) is 10.9. The van der Waals surface area contributed by atoms with E-state index < -0.39 is 0 Å². The molecule has 0 spiro atoms. The summed E-state index contributed by atoms with van der Waals surface area (Å²) in [6, 6.07) is 9.72. The van der Waals surface area contributed by atoms with Gasteiger partial charge in [0.15, 0.2) is 0 Å². The fourth-order valence-corrected chi connectivity index (χ4v) is 1.71. The molecule has 3 rings (SSSR count). The van der Waals surface area contributed by atoms with Gasteiger partial charge in [-0.1, -0.05) is 0 Å². The van der Waals surface area contributed by atoms with Crippen LogP contribution in [-0.2, 0) is 0 Å². The van der Waals surface area contributed by atoms with Crippen molar-refractivity contribution in [1.82, 2.24) is 4.98 Å². The quantitative estimate of drug-likeness (QED) is 0.695. The Balaban J connectivity index is 2.14. The van der Waals surface area contributed by atoms with E-state index in [0.717, 1.165) is 10.9 Å². The van der Waals surface area contributed by atoms with Gasteiger partial charge in [-0.3, -0.25) is 0 Å². The first-order valence-electron chi connectivity index (χ1n) is 5.13. The number of halogens is 1. The molecule has 17 heavy (non-hydrogen) atoms. The Morgan fingerprint density at radius 3 is 2.76 bits per heavy atom. The number of nitrogens with two attached hydrogens (primary N) is 1. The molecule has 0 radical (unpaired) electrons. The lowest BCUT2D eigenvalue weighted by atomic mass is 10.2. The number of hydrogen-bond donors (Lipinski definition) is 1. The number of aromatic nitrogens is 1. The lowest BCUT2D eigenvalue weighted by Gasteiger charge is -1.95. The highest BCUT2D eigenvalue weighted by Crippen LogP contribution is 2.27. The van der Waals surface area contributed by atoms with E-state index in [4.69, 9.17) is 10.2 Å². The second kappa shape index (κ2) is 3.59. The Kier molecular flexibility index (Phi) is 2.08. The van der Waals surface area contributed by atoms with E-state index in [9.17, 15) is 4.39 Å². The third kappa shape index (κ3) is 1.73. The van der Waals surface area contributed by atoms with Crippen LogP contribution in [0.2, 0.25) is 0 Å². The molecule has 2 N–H and O–H groups in total. The van der Waals surface area contributed by atoms with Crippen LogP contribution < -0.4 is 5.73 Å². The van der Waals surface area contributed by atoms with Gasteiger partial charge in [-0.15, -0.1) is 0 Å². The number of benzene rings is 1. The van der Waals surface area contributed by atoms with Gasteiger partial charge in [-0.05, 0) is 36.4 Å². The predicted molar refractivity (Wildman–Crippen MR) is 63.8 cm³/mol. The van der Waals surface area contributed by atoms with Gasteiger partial charge < -0.3 is 10.2 Å². The topological polar surface area (TPSA) is 52.0 Å². The molecule has 0 aliphatic rings. The van der Waals surface area contributed by atoms with Crippen LogP contribution in [0.3, 0.4) is 0 Å². The van der Waals surface area contributed by atoms with Crippen LogP contribution in [-0.4, -0.2) is 4.98 Å². The first kappa shape index (κ1) is 9.84. The second-order valence-corrected chi connectivity index (χ2v) is 3.76. The highest BCUT2D eigenvalue weighted by Gasteiger charge is 2.07. The van der Waals surface area contributed by atoms with E-state index in [-0.39, 0.29) is 5.82 Å². The van der Waals surface area contributed by atoms with Crippen molar-refractivity contribution in [1.29, 1.82) is 0 Å². The van der Waals surface area contributed by atoms with E-state index in [1.807, 2.05) is 6.07 Å². The molecule has 0 bridgehead atoms. The zero-order chi connectivity index (χ0) is 11.8. The van der Waals surface area contributed by atoms with Crippen LogP contribution in [0.25, 0.3) is 22.3 Å². The molecule has 0 aliphatic carbocycles. The maximum atomic E-state index is 13.0. The molecular formula is C13H9FN2O. The maximum absolute atomic E-state index is 13.0. The Hall–Kier alpha value is -2.36. The van der Waals surface area contributed by atoms with Crippen LogP contribution >= 0.6 is 0 Å². The van der Waals surface area contributed by atoms with Gasteiger partial charge in [0.1, 0.15) is 23.0 Å². The van der Waals surface area contributed by atoms with Crippen LogP contribution in [0.15, 0.2) is 47.0 Å². The Bertz CT molecular complexity index is 673. The van der Waals surface area contributed by atoms with Crippen LogP contribution in [0, 0.1) is 5.82 Å². The molecular weight excluding hydrogens is 219 g/mol. The van der Waals surface area contributed by atoms with E-state index in [0.29, 0.717) is 17.2 Å². The van der Waals surface area contributed by atoms with Gasteiger partial charge in [0.25, 0.3) is 0 Å². The number of pyridine rings is 1. The largest absolute Gasteiger partial charge is 0.456 e. The summed E-state index contributed by atoms with van der Waals surface area (Å²) in [7, 11) is 0. The summed E-state index contributed by atoms with van der Waals surface area (Å²) in [5.41, 5.74) is 6.98. The summed E-state index contributed by atoms with van der Waals surface area (Å²) in [5.74, 6) is 0.828. The molecule has 0 unspecified atom stereocenters. The maximum Gasteiger partial charge on any atom is 0.136 e. The van der Waals surface area contributed by atoms with Gasteiger partial charge in [0, 0.05) is 17.1 Å². The Morgan fingerprint density at radius 1 is 1.12 bits per heavy atom. The van der Waals surface area contributed by atoms with Crippen molar-refractivity contribution >= 4 is 16.8 Å². The van der Waals surface area contributed by atoms with Crippen molar-refractivity contribution in [3.05, 3.63) is 48.4 Å². The van der Waals surface area contributed by atoms with Crippen LogP contribution in [0.4, 0.5) is 10.2 Å². The summed E-state index contributed by atoms with van der Waals surface area (Å²) < 4.78 is 18.6. The van der Waals surface area contributed by atoms with Crippen molar-refractivity contribution in [2.75, 3.05) is 5.73 Å². The molecule has 2 heterocycles. The predicted octanol–water partition coefficient (Wildman–Crippen LogP) is 3.22. The van der Waals surface area contributed by atoms with Crippen molar-refractivity contribution in [2.24, 2.45) is 0 Å². The summed E-state index contributed by atoms with van der Waals surface area (Å²) in [5, 5.41) is 0.733. The van der Waals surface area contributed by atoms with Gasteiger partial charge in [-0.2, -0.15) is 0 Å². The number of hydrogen-bond acceptors (Lipinski definition) is 3. The van der Waals surface area contributed by atoms with E-state index in [1.165, 1.54) is 12.1 Å². The summed E-state index contributed by atoms with van der Waals surface area (Å²) in [4.78, 5) is 3.99. The Morgan fingerprint density at radius 2 is 2.00 bits per heavy atom. The average Bonchev–Trinajstić information content (AvgIpc) is 2.72. The summed E-state index contributed by atoms with van der Waals surface area (Å²) in [6.07, 6.45) is 1.63. The van der Waals surface area contributed by atoms with E-state index in [1.54, 1.807) is 24.4 Å². The lowest BCUT2D eigenvalue weighted by molar-refractivity contribution is 0.619. The number of fused-ring (bicyclic) bond motifs is 1. The second-order valence-electron chi connectivity index (χ2n) is 3.76. The van der Waals surface area contributed by atoms with Gasteiger partial charge in [0.2, 0.25) is 0 Å². The van der Waals surface area contributed by atoms with Crippen molar-refractivity contribution < 1.29 is 8.81 Å². The number of anilines is 1. The monoisotopic (exact) mass is 228 g/mol. The minimum atomic E-state index is -0.278. The van der Waals surface area contributed by atoms with Crippen molar-refractivity contribution in [3.8, 4) is 11.3 Å². The highest BCUT2D eigenvalue weighted by molar-refractivity contribution is 5.82. The minimum absolute atomic E-state index is 0.278. The first-order chi connectivity index (χ1) is 8.22. The molecule has 4 heteroatoms. The van der Waals surface area contributed by atoms with Gasteiger partial charge in [0.05, 0.1) is 0 Å². The molecule has 1 aromatic carbocycles. The van der Waals surface area contributed by atoms with E-state index in [2.05, 4.69) is 4.98 Å². The van der Waals surface area contributed by atoms with E-state index >= 15 is 0 Å². The number of nitrogens with zero attached hydrogens (tertiary/aromatic N) is 1. The molecule has 2 aromatic heterocycles. The summed E-state index contributed by atoms with van der Waals surface area (Å²) in [6.45, 7) is 0. The Labute approximate surface area is 96.7 Å². The number of nitrogen functional groups attached to an aromatic ring is 1.